The smallest absolute Gasteiger partial charge is 0.344 e. The average molecular weight is 346 g/mol. The lowest BCUT2D eigenvalue weighted by molar-refractivity contribution is -0.247. The molecular formula is C3H8F6N2O6S2. The van der Waals surface area contributed by atoms with E-state index < -0.39 is 36.7 Å². The summed E-state index contributed by atoms with van der Waals surface area (Å²) in [6, 6.07) is 0. The zero-order valence-electron chi connectivity index (χ0n) is 8.53. The molecule has 0 fully saturated rings. The van der Waals surface area contributed by atoms with Crippen LogP contribution in [-0.4, -0.2) is 42.4 Å². The van der Waals surface area contributed by atoms with E-state index in [1.54, 1.807) is 0 Å². The topological polar surface area (TPSA) is 179 Å². The first-order valence-corrected chi connectivity index (χ1v) is 5.95. The van der Waals surface area contributed by atoms with Gasteiger partial charge in [-0.1, -0.05) is 0 Å². The van der Waals surface area contributed by atoms with Gasteiger partial charge in [0.2, 0.25) is 0 Å². The lowest BCUT2D eigenvalue weighted by Gasteiger charge is -2.28. The van der Waals surface area contributed by atoms with Crippen LogP contribution in [0.4, 0.5) is 26.3 Å². The Labute approximate surface area is 102 Å². The molecule has 120 valence electrons. The summed E-state index contributed by atoms with van der Waals surface area (Å²) < 4.78 is 128. The highest BCUT2D eigenvalue weighted by atomic mass is 32.2. The molecule has 0 rings (SSSR count). The number of hydrogen-bond donors (Lipinski definition) is 4. The van der Waals surface area contributed by atoms with E-state index in [1.165, 1.54) is 0 Å². The Morgan fingerprint density at radius 1 is 0.632 bits per heavy atom. The van der Waals surface area contributed by atoms with Crippen LogP contribution in [0, 0.1) is 0 Å². The maximum atomic E-state index is 12.4. The van der Waals surface area contributed by atoms with Crippen molar-refractivity contribution in [1.29, 1.82) is 0 Å². The standard InChI is InChI=1S/C3H2F6O6S2.2H3N/c4-1(5,2(6,7)16(10,11)12)3(8,9)17(13,14)15;;/h(H,10,11,12)(H,13,14,15);2*1H3. The van der Waals surface area contributed by atoms with Crippen LogP contribution in [0.15, 0.2) is 0 Å². The summed E-state index contributed by atoms with van der Waals surface area (Å²) in [7, 11) is -14.1. The fourth-order valence-electron chi connectivity index (χ4n) is 0.493. The van der Waals surface area contributed by atoms with Gasteiger partial charge < -0.3 is 12.3 Å². The van der Waals surface area contributed by atoms with Crippen molar-refractivity contribution in [3.8, 4) is 0 Å². The molecule has 0 bridgehead atoms. The SMILES string of the molecule is N.N.O=S(=O)(O)C(F)(F)C(F)(F)C(F)(F)S(=O)(=O)O. The van der Waals surface area contributed by atoms with Crippen LogP contribution in [0.2, 0.25) is 0 Å². The molecule has 0 unspecified atom stereocenters. The first-order valence-electron chi connectivity index (χ1n) is 3.07. The van der Waals surface area contributed by atoms with E-state index in [-0.39, 0.29) is 12.3 Å². The molecule has 0 aromatic heterocycles. The van der Waals surface area contributed by atoms with Crippen molar-refractivity contribution in [3.63, 3.8) is 0 Å². The van der Waals surface area contributed by atoms with Crippen molar-refractivity contribution < 1.29 is 52.3 Å². The van der Waals surface area contributed by atoms with E-state index in [0.717, 1.165) is 0 Å². The predicted molar refractivity (Wildman–Crippen MR) is 48.0 cm³/mol. The lowest BCUT2D eigenvalue weighted by atomic mass is 10.3. The molecule has 0 radical (unpaired) electrons. The Morgan fingerprint density at radius 2 is 0.789 bits per heavy atom. The number of alkyl halides is 6. The van der Waals surface area contributed by atoms with E-state index >= 15 is 0 Å². The third-order valence-corrected chi connectivity index (χ3v) is 3.19. The van der Waals surface area contributed by atoms with E-state index in [4.69, 9.17) is 9.11 Å². The summed E-state index contributed by atoms with van der Waals surface area (Å²) in [5.74, 6) is -7.08. The highest BCUT2D eigenvalue weighted by Crippen LogP contribution is 2.50. The van der Waals surface area contributed by atoms with Gasteiger partial charge in [0, 0.05) is 0 Å². The zero-order chi connectivity index (χ0) is 14.5. The Hall–Kier alpha value is -0.680. The Balaban J connectivity index is -0.00000128. The fraction of sp³-hybridized carbons (Fsp3) is 1.00. The molecule has 19 heavy (non-hydrogen) atoms. The van der Waals surface area contributed by atoms with Crippen molar-refractivity contribution in [3.05, 3.63) is 0 Å². The molecule has 8 N–H and O–H groups in total. The molecule has 0 aliphatic heterocycles. The second-order valence-corrected chi connectivity index (χ2v) is 5.48. The summed E-state index contributed by atoms with van der Waals surface area (Å²) in [4.78, 5) is 0. The maximum Gasteiger partial charge on any atom is 0.439 e. The van der Waals surface area contributed by atoms with E-state index in [9.17, 15) is 43.2 Å². The molecule has 0 aliphatic carbocycles. The molecule has 0 saturated heterocycles. The molecule has 0 spiro atoms. The summed E-state index contributed by atoms with van der Waals surface area (Å²) in [5, 5.41) is -13.6. The maximum absolute atomic E-state index is 12.4. The predicted octanol–water partition coefficient (Wildman–Crippen LogP) is 0.907. The molecule has 0 aromatic rings. The monoisotopic (exact) mass is 346 g/mol. The number of hydrogen-bond acceptors (Lipinski definition) is 6. The molecule has 0 aromatic carbocycles. The van der Waals surface area contributed by atoms with Crippen molar-refractivity contribution >= 4 is 20.2 Å². The fourth-order valence-corrected chi connectivity index (χ4v) is 1.46. The molecule has 0 atom stereocenters. The first kappa shape index (κ1) is 23.4. The second-order valence-electron chi connectivity index (χ2n) is 2.56. The summed E-state index contributed by atoms with van der Waals surface area (Å²) in [5.41, 5.74) is 0. The van der Waals surface area contributed by atoms with Gasteiger partial charge in [-0.05, 0) is 0 Å². The highest BCUT2D eigenvalue weighted by molar-refractivity contribution is 7.88. The number of rotatable bonds is 4. The minimum Gasteiger partial charge on any atom is -0.344 e. The molecule has 0 heterocycles. The van der Waals surface area contributed by atoms with Crippen LogP contribution in [-0.2, 0) is 20.2 Å². The Morgan fingerprint density at radius 3 is 0.895 bits per heavy atom. The lowest BCUT2D eigenvalue weighted by Crippen LogP contribution is -2.60. The van der Waals surface area contributed by atoms with Crippen molar-refractivity contribution in [2.75, 3.05) is 0 Å². The van der Waals surface area contributed by atoms with Gasteiger partial charge in [0.25, 0.3) is 0 Å². The van der Waals surface area contributed by atoms with Crippen molar-refractivity contribution in [2.24, 2.45) is 0 Å². The van der Waals surface area contributed by atoms with Gasteiger partial charge in [0.15, 0.2) is 0 Å². The number of halogens is 6. The molecule has 0 saturated carbocycles. The van der Waals surface area contributed by atoms with E-state index in [2.05, 4.69) is 0 Å². The Bertz CT molecular complexity index is 467. The average Bonchev–Trinajstić information content (AvgIpc) is 1.98. The van der Waals surface area contributed by atoms with Gasteiger partial charge in [-0.2, -0.15) is 43.2 Å². The van der Waals surface area contributed by atoms with Gasteiger partial charge in [0.1, 0.15) is 0 Å². The summed E-state index contributed by atoms with van der Waals surface area (Å²) in [6.45, 7) is 0. The van der Waals surface area contributed by atoms with E-state index in [1.807, 2.05) is 0 Å². The van der Waals surface area contributed by atoms with Crippen LogP contribution >= 0.6 is 0 Å². The van der Waals surface area contributed by atoms with Gasteiger partial charge >= 0.3 is 36.7 Å². The van der Waals surface area contributed by atoms with Crippen LogP contribution < -0.4 is 12.3 Å². The van der Waals surface area contributed by atoms with Crippen molar-refractivity contribution in [1.82, 2.24) is 12.3 Å². The molecule has 8 nitrogen and oxygen atoms in total. The first-order chi connectivity index (χ1) is 7.00. The second kappa shape index (κ2) is 5.37. The van der Waals surface area contributed by atoms with E-state index in [0.29, 0.717) is 0 Å². The highest BCUT2D eigenvalue weighted by Gasteiger charge is 2.82. The zero-order valence-corrected chi connectivity index (χ0v) is 10.2. The minimum absolute atomic E-state index is 0. The molecule has 0 aliphatic rings. The Kier molecular flexibility index (Phi) is 6.61. The van der Waals surface area contributed by atoms with Crippen molar-refractivity contribution in [2.45, 2.75) is 16.4 Å². The summed E-state index contributed by atoms with van der Waals surface area (Å²) in [6.07, 6.45) is 0. The molecule has 0 amide bonds. The van der Waals surface area contributed by atoms with Gasteiger partial charge in [-0.15, -0.1) is 0 Å². The quantitative estimate of drug-likeness (QED) is 0.428. The van der Waals surface area contributed by atoms with Crippen LogP contribution in [0.5, 0.6) is 0 Å². The van der Waals surface area contributed by atoms with Crippen LogP contribution in [0.25, 0.3) is 0 Å². The molecular weight excluding hydrogens is 338 g/mol. The third-order valence-electron chi connectivity index (χ3n) is 1.38. The summed E-state index contributed by atoms with van der Waals surface area (Å²) >= 11 is 0. The van der Waals surface area contributed by atoms with Crippen LogP contribution in [0.3, 0.4) is 0 Å². The third kappa shape index (κ3) is 3.26. The molecule has 16 heteroatoms. The van der Waals surface area contributed by atoms with Gasteiger partial charge in [-0.3, -0.25) is 9.11 Å². The van der Waals surface area contributed by atoms with Gasteiger partial charge in [0.05, 0.1) is 0 Å². The minimum atomic E-state index is -7.08. The van der Waals surface area contributed by atoms with Gasteiger partial charge in [-0.25, -0.2) is 0 Å². The van der Waals surface area contributed by atoms with Crippen LogP contribution in [0.1, 0.15) is 0 Å². The largest absolute Gasteiger partial charge is 0.439 e. The normalized spacial score (nSPS) is 14.3.